The van der Waals surface area contributed by atoms with Gasteiger partial charge in [0.2, 0.25) is 21.8 Å². The highest BCUT2D eigenvalue weighted by atomic mass is 32.2. The highest BCUT2D eigenvalue weighted by Crippen LogP contribution is 2.49. The monoisotopic (exact) mass is 822 g/mol. The number of rotatable bonds is 8. The van der Waals surface area contributed by atoms with Gasteiger partial charge >= 0.3 is 6.09 Å². The smallest absolute Gasteiger partial charge is 0.405 e. The Morgan fingerprint density at radius 2 is 1.90 bits per heavy atom. The number of ether oxygens (including phenoxy) is 3. The fourth-order valence-electron chi connectivity index (χ4n) is 9.03. The van der Waals surface area contributed by atoms with Gasteiger partial charge in [-0.3, -0.25) is 24.0 Å². The van der Waals surface area contributed by atoms with Gasteiger partial charge in [-0.1, -0.05) is 25.0 Å². The van der Waals surface area contributed by atoms with Gasteiger partial charge in [0.15, 0.2) is 0 Å². The Morgan fingerprint density at radius 3 is 2.66 bits per heavy atom. The van der Waals surface area contributed by atoms with Crippen LogP contribution in [0.25, 0.3) is 10.9 Å². The van der Waals surface area contributed by atoms with Gasteiger partial charge in [0.1, 0.15) is 41.3 Å². The molecule has 1 spiro atoms. The molecular weight excluding hydrogens is 769 g/mol. The van der Waals surface area contributed by atoms with Crippen molar-refractivity contribution in [3.63, 3.8) is 0 Å². The van der Waals surface area contributed by atoms with E-state index >= 15 is 0 Å². The molecule has 0 radical (unpaired) electrons. The van der Waals surface area contributed by atoms with E-state index in [1.807, 2.05) is 37.3 Å². The average Bonchev–Trinajstić information content (AvgIpc) is 4.08. The summed E-state index contributed by atoms with van der Waals surface area (Å²) in [4.78, 5) is 63.5. The van der Waals surface area contributed by atoms with Crippen LogP contribution >= 0.6 is 0 Å². The topological polar surface area (TPSA) is 206 Å². The summed E-state index contributed by atoms with van der Waals surface area (Å²) in [6, 6.07) is 3.58. The maximum absolute atomic E-state index is 14.6. The molecule has 5 heterocycles. The lowest BCUT2D eigenvalue weighted by Gasteiger charge is -2.36. The molecule has 314 valence electrons. The van der Waals surface area contributed by atoms with Crippen LogP contribution < -0.4 is 24.8 Å². The summed E-state index contributed by atoms with van der Waals surface area (Å²) in [5.74, 6) is -1.14. The zero-order valence-electron chi connectivity index (χ0n) is 33.2. The largest absolute Gasteiger partial charge is 0.492 e. The third-order valence-electron chi connectivity index (χ3n) is 13.0. The number of benzene rings is 1. The van der Waals surface area contributed by atoms with Gasteiger partial charge in [0, 0.05) is 42.9 Å². The number of amides is 4. The first kappa shape index (κ1) is 40.3. The average molecular weight is 823 g/mol. The van der Waals surface area contributed by atoms with Gasteiger partial charge < -0.3 is 34.9 Å². The first-order chi connectivity index (χ1) is 27.7. The second kappa shape index (κ2) is 15.6. The Bertz CT molecular complexity index is 2120. The van der Waals surface area contributed by atoms with Gasteiger partial charge in [0.05, 0.1) is 35.7 Å². The standard InChI is InChI=1S/C41H54N6O10S/c1-26-34-29(30-22-28(10-11-31(30)42-26)56-21-18-46-16-19-55-20-17-46)12-13-40(57-34)24-33-35(48)44-41(37(50)45-58(53,54)39(2)14-15-39)23-27(41)8-6-4-3-5-7-9-32(43-38(51)52)36(49)47(33)25-40/h6,8,10-11,22,27,32-33,43H,3-5,7,9,12-21,23-25H2,1-2H3,(H,44,48)(H,45,50)(H,51,52)/b8-6-/t27-,32+,33+,40-,41-/m1/s1. The number of nitrogens with zero attached hydrogens (tertiary/aromatic N) is 3. The predicted molar refractivity (Wildman–Crippen MR) is 212 cm³/mol. The molecule has 0 bridgehead atoms. The van der Waals surface area contributed by atoms with Crippen molar-refractivity contribution in [1.29, 1.82) is 0 Å². The summed E-state index contributed by atoms with van der Waals surface area (Å²) in [6.07, 6.45) is 7.57. The number of allylic oxidation sites excluding steroid dienone is 1. The number of nitrogens with one attached hydrogen (secondary N) is 3. The Morgan fingerprint density at radius 1 is 1.10 bits per heavy atom. The third-order valence-corrected chi connectivity index (χ3v) is 15.2. The lowest BCUT2D eigenvalue weighted by Crippen LogP contribution is -2.58. The Hall–Kier alpha value is -4.48. The predicted octanol–water partition coefficient (Wildman–Crippen LogP) is 2.95. The molecule has 1 aromatic carbocycles. The Balaban J connectivity index is 1.08. The van der Waals surface area contributed by atoms with E-state index in [-0.39, 0.29) is 25.8 Å². The van der Waals surface area contributed by atoms with Crippen molar-refractivity contribution in [3.8, 4) is 11.5 Å². The van der Waals surface area contributed by atoms with E-state index in [2.05, 4.69) is 20.3 Å². The number of fused-ring (bicyclic) bond motifs is 5. The van der Waals surface area contributed by atoms with E-state index in [1.54, 1.807) is 6.92 Å². The van der Waals surface area contributed by atoms with Crippen molar-refractivity contribution in [2.45, 2.75) is 112 Å². The number of aromatic nitrogens is 1. The molecule has 2 saturated heterocycles. The molecule has 2 aliphatic carbocycles. The van der Waals surface area contributed by atoms with Gasteiger partial charge in [-0.2, -0.15) is 0 Å². The molecule has 0 unspecified atom stereocenters. The Labute approximate surface area is 338 Å². The number of carbonyl (C=O) groups excluding carboxylic acids is 3. The van der Waals surface area contributed by atoms with E-state index in [0.717, 1.165) is 48.9 Å². The molecule has 4 aliphatic heterocycles. The molecule has 6 aliphatic rings. The van der Waals surface area contributed by atoms with E-state index in [1.165, 1.54) is 4.90 Å². The number of pyridine rings is 1. The lowest BCUT2D eigenvalue weighted by molar-refractivity contribution is -0.141. The van der Waals surface area contributed by atoms with Crippen molar-refractivity contribution in [2.75, 3.05) is 46.0 Å². The molecule has 2 aromatic rings. The number of hydrogen-bond donors (Lipinski definition) is 4. The van der Waals surface area contributed by atoms with Crippen LogP contribution in [0.4, 0.5) is 4.79 Å². The van der Waals surface area contributed by atoms with Crippen LogP contribution in [0.3, 0.4) is 0 Å². The van der Waals surface area contributed by atoms with Crippen LogP contribution in [0.1, 0.15) is 82.4 Å². The number of morpholine rings is 1. The molecule has 58 heavy (non-hydrogen) atoms. The molecule has 4 amide bonds. The second-order valence-corrected chi connectivity index (χ2v) is 19.4. The summed E-state index contributed by atoms with van der Waals surface area (Å²) in [5.41, 5.74) is -0.162. The summed E-state index contributed by atoms with van der Waals surface area (Å²) in [6.45, 7) is 7.93. The Kier molecular flexibility index (Phi) is 10.8. The van der Waals surface area contributed by atoms with E-state index in [4.69, 9.17) is 19.2 Å². The molecule has 4 N–H and O–H groups in total. The normalized spacial score (nSPS) is 30.4. The van der Waals surface area contributed by atoms with Crippen LogP contribution in [-0.4, -0.2) is 126 Å². The van der Waals surface area contributed by atoms with Crippen molar-refractivity contribution in [3.05, 3.63) is 41.6 Å². The molecule has 17 heteroatoms. The van der Waals surface area contributed by atoms with Gasteiger partial charge in [-0.25, -0.2) is 18.2 Å². The molecule has 4 fully saturated rings. The van der Waals surface area contributed by atoms with E-state index < -0.39 is 67.7 Å². The highest BCUT2D eigenvalue weighted by molar-refractivity contribution is 7.91. The summed E-state index contributed by atoms with van der Waals surface area (Å²) >= 11 is 0. The molecule has 2 saturated carbocycles. The van der Waals surface area contributed by atoms with Crippen molar-refractivity contribution in [2.24, 2.45) is 5.92 Å². The zero-order chi connectivity index (χ0) is 40.9. The van der Waals surface area contributed by atoms with Crippen molar-refractivity contribution < 1.29 is 46.9 Å². The number of sulfonamides is 1. The summed E-state index contributed by atoms with van der Waals surface area (Å²) < 4.78 is 46.1. The number of carboxylic acid groups (broad SMARTS) is 1. The minimum absolute atomic E-state index is 0.00140. The first-order valence-corrected chi connectivity index (χ1v) is 22.1. The number of aryl methyl sites for hydroxylation is 2. The van der Waals surface area contributed by atoms with Gasteiger partial charge in [0.25, 0.3) is 5.91 Å². The second-order valence-electron chi connectivity index (χ2n) is 17.2. The molecule has 8 rings (SSSR count). The SMILES string of the molecule is Cc1nc2ccc(OCCN3CCOCC3)cc2c2c1O[C@]1(CC2)C[C@H]2C(=O)N[C@]3(C(=O)NS(=O)(=O)C4(C)CC4)C[C@H]3/C=C\CCCCC[C@H](NC(=O)O)C(=O)N2C1. The maximum atomic E-state index is 14.6. The first-order valence-electron chi connectivity index (χ1n) is 20.6. The van der Waals surface area contributed by atoms with Gasteiger partial charge in [-0.15, -0.1) is 0 Å². The fourth-order valence-corrected chi connectivity index (χ4v) is 10.3. The summed E-state index contributed by atoms with van der Waals surface area (Å²) in [7, 11) is -4.00. The van der Waals surface area contributed by atoms with Crippen LogP contribution in [0.2, 0.25) is 0 Å². The molecule has 1 aromatic heterocycles. The highest BCUT2D eigenvalue weighted by Gasteiger charge is 2.64. The third kappa shape index (κ3) is 7.96. The number of carbonyl (C=O) groups is 4. The maximum Gasteiger partial charge on any atom is 0.405 e. The van der Waals surface area contributed by atoms with Crippen LogP contribution in [0, 0.1) is 12.8 Å². The minimum Gasteiger partial charge on any atom is -0.492 e. The fraction of sp³-hybridized carbons (Fsp3) is 0.634. The van der Waals surface area contributed by atoms with Crippen LogP contribution in [0.5, 0.6) is 11.5 Å². The summed E-state index contributed by atoms with van der Waals surface area (Å²) in [5, 5.41) is 16.0. The van der Waals surface area contributed by atoms with Crippen molar-refractivity contribution >= 4 is 44.7 Å². The van der Waals surface area contributed by atoms with Gasteiger partial charge in [-0.05, 0) is 83.4 Å². The lowest BCUT2D eigenvalue weighted by atomic mass is 9.87. The van der Waals surface area contributed by atoms with Crippen molar-refractivity contribution in [1.82, 2.24) is 30.1 Å². The minimum atomic E-state index is -4.00. The van der Waals surface area contributed by atoms with E-state index in [9.17, 15) is 32.7 Å². The van der Waals surface area contributed by atoms with E-state index in [0.29, 0.717) is 75.5 Å². The van der Waals surface area contributed by atoms with Crippen LogP contribution in [-0.2, 0) is 35.6 Å². The van der Waals surface area contributed by atoms with Crippen LogP contribution in [0.15, 0.2) is 30.4 Å². The molecular formula is C41H54N6O10S. The molecule has 16 nitrogen and oxygen atoms in total. The molecule has 5 atom stereocenters. The zero-order valence-corrected chi connectivity index (χ0v) is 34.0. The quantitative estimate of drug-likeness (QED) is 0.284. The number of hydrogen-bond acceptors (Lipinski definition) is 11.